The molecule has 0 unspecified atom stereocenters. The van der Waals surface area contributed by atoms with Gasteiger partial charge in [-0.2, -0.15) is 0 Å². The lowest BCUT2D eigenvalue weighted by Crippen LogP contribution is -2.20. The van der Waals surface area contributed by atoms with Crippen LogP contribution in [-0.4, -0.2) is 27.6 Å². The maximum absolute atomic E-state index is 6.08. The number of methoxy groups -OCH3 is 1. The van der Waals surface area contributed by atoms with Crippen LogP contribution in [0.3, 0.4) is 0 Å². The molecule has 5 heteroatoms. The summed E-state index contributed by atoms with van der Waals surface area (Å²) in [6.45, 7) is 2.60. The number of aromatic nitrogens is 3. The smallest absolute Gasteiger partial charge is 0.120 e. The third-order valence-electron chi connectivity index (χ3n) is 6.49. The van der Waals surface area contributed by atoms with Gasteiger partial charge >= 0.3 is 0 Å². The van der Waals surface area contributed by atoms with Crippen LogP contribution in [0, 0.1) is 6.92 Å². The molecule has 0 spiro atoms. The van der Waals surface area contributed by atoms with Crippen molar-refractivity contribution in [2.75, 3.05) is 7.11 Å². The number of fused-ring (bicyclic) bond motifs is 1. The lowest BCUT2D eigenvalue weighted by atomic mass is 9.87. The van der Waals surface area contributed by atoms with Gasteiger partial charge in [0, 0.05) is 31.0 Å². The standard InChI is InChI=1S/C27H29N3O2/c1-19-26-25(22-9-6-10-24(17-22)32-18-20-7-4-3-5-8-20)29-27(30(26)16-15-28-19)21-11-13-23(31-2)14-12-21/h3-10,15-17,21,23H,11-14,18H2,1-2H3. The first-order valence-electron chi connectivity index (χ1n) is 11.4. The molecule has 0 radical (unpaired) electrons. The van der Waals surface area contributed by atoms with E-state index in [1.807, 2.05) is 49.8 Å². The largest absolute Gasteiger partial charge is 0.489 e. The van der Waals surface area contributed by atoms with E-state index in [9.17, 15) is 0 Å². The number of aryl methyl sites for hydroxylation is 1. The van der Waals surface area contributed by atoms with Gasteiger partial charge in [-0.15, -0.1) is 0 Å². The second-order valence-corrected chi connectivity index (χ2v) is 8.56. The summed E-state index contributed by atoms with van der Waals surface area (Å²) in [6, 6.07) is 18.5. The molecule has 1 saturated carbocycles. The van der Waals surface area contributed by atoms with Crippen molar-refractivity contribution in [3.63, 3.8) is 0 Å². The average Bonchev–Trinajstić information content (AvgIpc) is 3.25. The van der Waals surface area contributed by atoms with E-state index in [1.54, 1.807) is 0 Å². The summed E-state index contributed by atoms with van der Waals surface area (Å²) in [5.74, 6) is 2.41. The van der Waals surface area contributed by atoms with Gasteiger partial charge < -0.3 is 9.47 Å². The van der Waals surface area contributed by atoms with E-state index in [0.29, 0.717) is 18.6 Å². The molecule has 0 N–H and O–H groups in total. The first-order valence-corrected chi connectivity index (χ1v) is 11.4. The molecule has 0 bridgehead atoms. The van der Waals surface area contributed by atoms with E-state index in [-0.39, 0.29) is 0 Å². The van der Waals surface area contributed by atoms with E-state index in [2.05, 4.69) is 40.6 Å². The zero-order valence-electron chi connectivity index (χ0n) is 18.7. The Morgan fingerprint density at radius 1 is 1.00 bits per heavy atom. The fraction of sp³-hybridized carbons (Fsp3) is 0.333. The predicted octanol–water partition coefficient (Wildman–Crippen LogP) is 5.96. The molecule has 2 aromatic heterocycles. The van der Waals surface area contributed by atoms with Crippen molar-refractivity contribution in [2.24, 2.45) is 0 Å². The molecule has 1 aliphatic rings. The highest BCUT2D eigenvalue weighted by atomic mass is 16.5. The van der Waals surface area contributed by atoms with Gasteiger partial charge in [-0.05, 0) is 50.3 Å². The highest BCUT2D eigenvalue weighted by molar-refractivity contribution is 5.80. The summed E-state index contributed by atoms with van der Waals surface area (Å²) in [5, 5.41) is 0. The summed E-state index contributed by atoms with van der Waals surface area (Å²) in [4.78, 5) is 9.74. The molecule has 5 nitrogen and oxygen atoms in total. The van der Waals surface area contributed by atoms with E-state index >= 15 is 0 Å². The molecule has 0 atom stereocenters. The molecule has 5 rings (SSSR count). The highest BCUT2D eigenvalue weighted by Crippen LogP contribution is 2.37. The zero-order valence-corrected chi connectivity index (χ0v) is 18.7. The second-order valence-electron chi connectivity index (χ2n) is 8.56. The number of hydrogen-bond donors (Lipinski definition) is 0. The molecule has 1 aliphatic carbocycles. The van der Waals surface area contributed by atoms with Crippen LogP contribution in [0.5, 0.6) is 5.75 Å². The molecular weight excluding hydrogens is 398 g/mol. The Bertz CT molecular complexity index is 1190. The minimum atomic E-state index is 0.374. The fourth-order valence-corrected chi connectivity index (χ4v) is 4.74. The highest BCUT2D eigenvalue weighted by Gasteiger charge is 2.27. The van der Waals surface area contributed by atoms with E-state index in [4.69, 9.17) is 14.5 Å². The molecule has 4 aromatic rings. The van der Waals surface area contributed by atoms with Crippen LogP contribution in [0.4, 0.5) is 0 Å². The van der Waals surface area contributed by atoms with Crippen LogP contribution in [0.2, 0.25) is 0 Å². The number of hydrogen-bond acceptors (Lipinski definition) is 4. The van der Waals surface area contributed by atoms with Crippen molar-refractivity contribution in [3.05, 3.63) is 84.1 Å². The minimum absolute atomic E-state index is 0.374. The summed E-state index contributed by atoms with van der Waals surface area (Å²) >= 11 is 0. The number of nitrogens with zero attached hydrogens (tertiary/aromatic N) is 3. The first-order chi connectivity index (χ1) is 15.7. The topological polar surface area (TPSA) is 48.7 Å². The van der Waals surface area contributed by atoms with E-state index in [1.165, 1.54) is 0 Å². The van der Waals surface area contributed by atoms with Gasteiger partial charge in [0.25, 0.3) is 0 Å². The van der Waals surface area contributed by atoms with Crippen molar-refractivity contribution in [1.29, 1.82) is 0 Å². The molecule has 0 saturated heterocycles. The van der Waals surface area contributed by atoms with Gasteiger partial charge in [0.1, 0.15) is 18.2 Å². The normalized spacial score (nSPS) is 18.7. The number of ether oxygens (including phenoxy) is 2. The summed E-state index contributed by atoms with van der Waals surface area (Å²) in [6.07, 6.45) is 8.65. The number of imidazole rings is 1. The van der Waals surface area contributed by atoms with Crippen LogP contribution in [-0.2, 0) is 11.3 Å². The Kier molecular flexibility index (Phi) is 5.91. The van der Waals surface area contributed by atoms with Crippen molar-refractivity contribution >= 4 is 5.52 Å². The van der Waals surface area contributed by atoms with Gasteiger partial charge in [0.05, 0.1) is 23.0 Å². The predicted molar refractivity (Wildman–Crippen MR) is 126 cm³/mol. The van der Waals surface area contributed by atoms with Gasteiger partial charge in [0.2, 0.25) is 0 Å². The third-order valence-corrected chi connectivity index (χ3v) is 6.49. The van der Waals surface area contributed by atoms with Crippen LogP contribution in [0.1, 0.15) is 48.7 Å². The SMILES string of the molecule is COC1CCC(c2nc(-c3cccc(OCc4ccccc4)c3)c3c(C)nccn23)CC1. The quantitative estimate of drug-likeness (QED) is 0.381. The minimum Gasteiger partial charge on any atom is -0.489 e. The van der Waals surface area contributed by atoms with Crippen molar-refractivity contribution < 1.29 is 9.47 Å². The maximum atomic E-state index is 6.08. The van der Waals surface area contributed by atoms with Crippen LogP contribution >= 0.6 is 0 Å². The van der Waals surface area contributed by atoms with Gasteiger partial charge in [-0.1, -0.05) is 42.5 Å². The van der Waals surface area contributed by atoms with Gasteiger partial charge in [-0.3, -0.25) is 9.38 Å². The summed E-state index contributed by atoms with van der Waals surface area (Å²) in [5.41, 5.74) is 5.25. The number of benzene rings is 2. The fourth-order valence-electron chi connectivity index (χ4n) is 4.74. The monoisotopic (exact) mass is 427 g/mol. The van der Waals surface area contributed by atoms with E-state index in [0.717, 1.165) is 65.3 Å². The Morgan fingerprint density at radius 2 is 1.81 bits per heavy atom. The Balaban J connectivity index is 1.48. The third kappa shape index (κ3) is 4.13. The lowest BCUT2D eigenvalue weighted by Gasteiger charge is -2.26. The molecule has 164 valence electrons. The first kappa shape index (κ1) is 20.7. The molecule has 0 amide bonds. The average molecular weight is 428 g/mol. The molecular formula is C27H29N3O2. The molecule has 2 aromatic carbocycles. The van der Waals surface area contributed by atoms with Crippen LogP contribution in [0.25, 0.3) is 16.8 Å². The van der Waals surface area contributed by atoms with Crippen molar-refractivity contribution in [2.45, 2.75) is 51.2 Å². The van der Waals surface area contributed by atoms with Crippen molar-refractivity contribution in [1.82, 2.24) is 14.4 Å². The van der Waals surface area contributed by atoms with Gasteiger partial charge in [0.15, 0.2) is 0 Å². The maximum Gasteiger partial charge on any atom is 0.120 e. The summed E-state index contributed by atoms with van der Waals surface area (Å²) in [7, 11) is 1.82. The molecule has 0 aliphatic heterocycles. The second kappa shape index (κ2) is 9.13. The van der Waals surface area contributed by atoms with Crippen LogP contribution in [0.15, 0.2) is 67.0 Å². The van der Waals surface area contributed by atoms with Gasteiger partial charge in [-0.25, -0.2) is 4.98 Å². The Hall–Kier alpha value is -3.18. The Morgan fingerprint density at radius 3 is 2.59 bits per heavy atom. The van der Waals surface area contributed by atoms with Crippen molar-refractivity contribution in [3.8, 4) is 17.0 Å². The molecule has 32 heavy (non-hydrogen) atoms. The Labute approximate surface area is 189 Å². The number of rotatable bonds is 6. The lowest BCUT2D eigenvalue weighted by molar-refractivity contribution is 0.0650. The van der Waals surface area contributed by atoms with Crippen LogP contribution < -0.4 is 4.74 Å². The molecule has 1 fully saturated rings. The zero-order chi connectivity index (χ0) is 21.9. The molecule has 2 heterocycles. The summed E-state index contributed by atoms with van der Waals surface area (Å²) < 4.78 is 13.9. The van der Waals surface area contributed by atoms with E-state index < -0.39 is 0 Å².